The molecule has 1 heterocycles. The quantitative estimate of drug-likeness (QED) is 0.611. The summed E-state index contributed by atoms with van der Waals surface area (Å²) in [6.45, 7) is 2.16. The van der Waals surface area contributed by atoms with E-state index in [0.29, 0.717) is 6.42 Å². The molecule has 3 heteroatoms. The number of rotatable bonds is 1. The third kappa shape index (κ3) is 4.02. The summed E-state index contributed by atoms with van der Waals surface area (Å²) in [7, 11) is 0. The summed E-state index contributed by atoms with van der Waals surface area (Å²) in [4.78, 5) is 0. The Hall–Kier alpha value is -0.520. The molecule has 0 unspecified atom stereocenters. The summed E-state index contributed by atoms with van der Waals surface area (Å²) < 4.78 is 0. The molecule has 0 bridgehead atoms. The molecular formula is C8H13ClN2. The van der Waals surface area contributed by atoms with E-state index < -0.39 is 0 Å². The highest BCUT2D eigenvalue weighted by Crippen LogP contribution is 2.09. The average Bonchev–Trinajstić information content (AvgIpc) is 2.03. The zero-order chi connectivity index (χ0) is 7.23. The first-order valence-electron chi connectivity index (χ1n) is 3.69. The van der Waals surface area contributed by atoms with Crippen molar-refractivity contribution in [3.05, 3.63) is 11.6 Å². The Morgan fingerprint density at radius 2 is 2.09 bits per heavy atom. The Balaban J connectivity index is 0.000001000. The van der Waals surface area contributed by atoms with Gasteiger partial charge in [-0.3, -0.25) is 0 Å². The fourth-order valence-electron chi connectivity index (χ4n) is 1.14. The van der Waals surface area contributed by atoms with Crippen molar-refractivity contribution in [3.63, 3.8) is 0 Å². The molecule has 0 atom stereocenters. The van der Waals surface area contributed by atoms with E-state index in [1.54, 1.807) is 0 Å². The molecule has 0 spiro atoms. The average molecular weight is 173 g/mol. The first-order chi connectivity index (χ1) is 4.93. The summed E-state index contributed by atoms with van der Waals surface area (Å²) in [5.41, 5.74) is 1.44. The summed E-state index contributed by atoms with van der Waals surface area (Å²) in [6, 6.07) is 2.12. The molecule has 1 saturated heterocycles. The number of allylic oxidation sites excluding steroid dienone is 1. The smallest absolute Gasteiger partial charge is 0.0663 e. The van der Waals surface area contributed by atoms with Crippen molar-refractivity contribution in [2.45, 2.75) is 19.3 Å². The van der Waals surface area contributed by atoms with Crippen LogP contribution >= 0.6 is 12.4 Å². The van der Waals surface area contributed by atoms with Crippen LogP contribution in [-0.2, 0) is 0 Å². The topological polar surface area (TPSA) is 35.8 Å². The minimum Gasteiger partial charge on any atom is -0.316 e. The van der Waals surface area contributed by atoms with Gasteiger partial charge in [0.2, 0.25) is 0 Å². The Morgan fingerprint density at radius 3 is 2.64 bits per heavy atom. The second-order valence-corrected chi connectivity index (χ2v) is 2.47. The van der Waals surface area contributed by atoms with Gasteiger partial charge in [0.1, 0.15) is 0 Å². The van der Waals surface area contributed by atoms with Gasteiger partial charge in [0, 0.05) is 0 Å². The number of piperidine rings is 1. The van der Waals surface area contributed by atoms with Crippen LogP contribution in [0, 0.1) is 11.3 Å². The lowest BCUT2D eigenvalue weighted by Crippen LogP contribution is -2.22. The van der Waals surface area contributed by atoms with Gasteiger partial charge in [-0.05, 0) is 25.9 Å². The molecule has 1 aliphatic rings. The molecule has 1 fully saturated rings. The van der Waals surface area contributed by atoms with E-state index in [9.17, 15) is 0 Å². The lowest BCUT2D eigenvalue weighted by atomic mass is 10.0. The van der Waals surface area contributed by atoms with Crippen LogP contribution in [0.4, 0.5) is 0 Å². The fourth-order valence-corrected chi connectivity index (χ4v) is 1.14. The molecule has 62 valence electrons. The summed E-state index contributed by atoms with van der Waals surface area (Å²) in [5.74, 6) is 0. The molecule has 0 aromatic rings. The molecule has 0 saturated carbocycles. The van der Waals surface area contributed by atoms with Gasteiger partial charge < -0.3 is 5.32 Å². The molecule has 1 aliphatic heterocycles. The van der Waals surface area contributed by atoms with Gasteiger partial charge in [0.15, 0.2) is 0 Å². The second kappa shape index (κ2) is 6.21. The monoisotopic (exact) mass is 172 g/mol. The number of nitriles is 1. The zero-order valence-electron chi connectivity index (χ0n) is 6.47. The van der Waals surface area contributed by atoms with Gasteiger partial charge in [-0.15, -0.1) is 12.4 Å². The largest absolute Gasteiger partial charge is 0.316 e. The van der Waals surface area contributed by atoms with Crippen molar-refractivity contribution in [1.29, 1.82) is 5.26 Å². The normalized spacial score (nSPS) is 16.5. The SMILES string of the molecule is Cl.N#CCC=C1CCNCC1. The van der Waals surface area contributed by atoms with E-state index in [4.69, 9.17) is 5.26 Å². The van der Waals surface area contributed by atoms with Gasteiger partial charge in [-0.25, -0.2) is 0 Å². The van der Waals surface area contributed by atoms with Gasteiger partial charge in [-0.1, -0.05) is 11.6 Å². The van der Waals surface area contributed by atoms with E-state index in [1.807, 2.05) is 0 Å². The number of nitrogens with one attached hydrogen (secondary N) is 1. The maximum atomic E-state index is 8.29. The van der Waals surface area contributed by atoms with E-state index in [2.05, 4.69) is 17.5 Å². The maximum absolute atomic E-state index is 8.29. The van der Waals surface area contributed by atoms with Gasteiger partial charge in [-0.2, -0.15) is 5.26 Å². The number of hydrogen-bond donors (Lipinski definition) is 1. The molecule has 1 N–H and O–H groups in total. The summed E-state index contributed by atoms with van der Waals surface area (Å²) >= 11 is 0. The number of halogens is 1. The highest BCUT2D eigenvalue weighted by atomic mass is 35.5. The van der Waals surface area contributed by atoms with Crippen LogP contribution in [0.2, 0.25) is 0 Å². The fraction of sp³-hybridized carbons (Fsp3) is 0.625. The first kappa shape index (κ1) is 10.5. The lowest BCUT2D eigenvalue weighted by Gasteiger charge is -2.14. The van der Waals surface area contributed by atoms with Crippen LogP contribution in [0.25, 0.3) is 0 Å². The molecule has 0 aromatic carbocycles. The lowest BCUT2D eigenvalue weighted by molar-refractivity contribution is 0.608. The highest BCUT2D eigenvalue weighted by molar-refractivity contribution is 5.85. The first-order valence-corrected chi connectivity index (χ1v) is 3.69. The van der Waals surface area contributed by atoms with E-state index in [1.165, 1.54) is 5.57 Å². The van der Waals surface area contributed by atoms with Crippen LogP contribution in [0.5, 0.6) is 0 Å². The van der Waals surface area contributed by atoms with Crippen molar-refractivity contribution in [3.8, 4) is 6.07 Å². The van der Waals surface area contributed by atoms with Crippen LogP contribution < -0.4 is 5.32 Å². The van der Waals surface area contributed by atoms with E-state index >= 15 is 0 Å². The minimum absolute atomic E-state index is 0. The Bertz CT molecular complexity index is 161. The van der Waals surface area contributed by atoms with Gasteiger partial charge in [0.25, 0.3) is 0 Å². The molecule has 0 aliphatic carbocycles. The van der Waals surface area contributed by atoms with Crippen molar-refractivity contribution in [2.24, 2.45) is 0 Å². The number of nitrogens with zero attached hydrogens (tertiary/aromatic N) is 1. The molecular weight excluding hydrogens is 160 g/mol. The van der Waals surface area contributed by atoms with Crippen LogP contribution in [-0.4, -0.2) is 13.1 Å². The zero-order valence-corrected chi connectivity index (χ0v) is 7.28. The Labute approximate surface area is 73.7 Å². The third-order valence-corrected chi connectivity index (χ3v) is 1.73. The molecule has 0 amide bonds. The molecule has 1 rings (SSSR count). The van der Waals surface area contributed by atoms with Crippen molar-refractivity contribution < 1.29 is 0 Å². The Kier molecular flexibility index (Phi) is 5.91. The predicted molar refractivity (Wildman–Crippen MR) is 47.7 cm³/mol. The summed E-state index contributed by atoms with van der Waals surface area (Å²) in [6.07, 6.45) is 4.89. The molecule has 2 nitrogen and oxygen atoms in total. The molecule has 0 radical (unpaired) electrons. The highest BCUT2D eigenvalue weighted by Gasteiger charge is 2.02. The predicted octanol–water partition coefficient (Wildman–Crippen LogP) is 1.63. The maximum Gasteiger partial charge on any atom is 0.0663 e. The van der Waals surface area contributed by atoms with Crippen molar-refractivity contribution >= 4 is 12.4 Å². The van der Waals surface area contributed by atoms with Crippen molar-refractivity contribution in [2.75, 3.05) is 13.1 Å². The second-order valence-electron chi connectivity index (χ2n) is 2.47. The molecule has 11 heavy (non-hydrogen) atoms. The van der Waals surface area contributed by atoms with Crippen LogP contribution in [0.1, 0.15) is 19.3 Å². The van der Waals surface area contributed by atoms with Crippen LogP contribution in [0.3, 0.4) is 0 Å². The van der Waals surface area contributed by atoms with Gasteiger partial charge >= 0.3 is 0 Å². The number of hydrogen-bond acceptors (Lipinski definition) is 2. The van der Waals surface area contributed by atoms with Gasteiger partial charge in [0.05, 0.1) is 12.5 Å². The third-order valence-electron chi connectivity index (χ3n) is 1.73. The van der Waals surface area contributed by atoms with Crippen molar-refractivity contribution in [1.82, 2.24) is 5.32 Å². The van der Waals surface area contributed by atoms with E-state index in [0.717, 1.165) is 25.9 Å². The summed E-state index contributed by atoms with van der Waals surface area (Å²) in [5, 5.41) is 11.6. The standard InChI is InChI=1S/C8H12N2.ClH/c9-5-1-2-8-3-6-10-7-4-8;/h2,10H,1,3-4,6-7H2;1H. The van der Waals surface area contributed by atoms with E-state index in [-0.39, 0.29) is 12.4 Å². The molecule has 0 aromatic heterocycles. The van der Waals surface area contributed by atoms with Crippen LogP contribution in [0.15, 0.2) is 11.6 Å². The Morgan fingerprint density at radius 1 is 1.45 bits per heavy atom. The minimum atomic E-state index is 0.